The molecule has 2 aromatic rings. The maximum absolute atomic E-state index is 13.7. The molecule has 7 heteroatoms. The molecule has 22 heavy (non-hydrogen) atoms. The average Bonchev–Trinajstić information content (AvgIpc) is 3.01. The molecule has 0 saturated carbocycles. The van der Waals surface area contributed by atoms with Crippen LogP contribution in [0.5, 0.6) is 0 Å². The number of halogens is 2. The number of nitrogens with zero attached hydrogens (tertiary/aromatic N) is 1. The van der Waals surface area contributed by atoms with Crippen LogP contribution in [0.25, 0.3) is 0 Å². The topological polar surface area (TPSA) is 66.0 Å². The fourth-order valence-corrected chi connectivity index (χ4v) is 2.50. The maximum Gasteiger partial charge on any atom is 0.243 e. The summed E-state index contributed by atoms with van der Waals surface area (Å²) in [5.74, 6) is -0.865. The van der Waals surface area contributed by atoms with Crippen LogP contribution in [-0.2, 0) is 4.79 Å². The van der Waals surface area contributed by atoms with Crippen molar-refractivity contribution >= 4 is 23.2 Å². The summed E-state index contributed by atoms with van der Waals surface area (Å²) in [6, 6.07) is 7.43. The molecule has 1 amide bonds. The molecule has 0 aliphatic carbocycles. The SMILES string of the molecule is O=C(Nc1ccc(Cl)cc1F)C1CC(c2cccnc2)NN1. The Morgan fingerprint density at radius 1 is 1.36 bits per heavy atom. The zero-order valence-corrected chi connectivity index (χ0v) is 12.3. The van der Waals surface area contributed by atoms with Gasteiger partial charge in [0.25, 0.3) is 0 Å². The van der Waals surface area contributed by atoms with E-state index in [1.54, 1.807) is 12.4 Å². The van der Waals surface area contributed by atoms with Crippen LogP contribution in [0.3, 0.4) is 0 Å². The Morgan fingerprint density at radius 3 is 2.95 bits per heavy atom. The van der Waals surface area contributed by atoms with Gasteiger partial charge in [-0.3, -0.25) is 9.78 Å². The number of hydrazine groups is 1. The van der Waals surface area contributed by atoms with Gasteiger partial charge in [0.2, 0.25) is 5.91 Å². The second kappa shape index (κ2) is 6.39. The van der Waals surface area contributed by atoms with Crippen molar-refractivity contribution in [2.45, 2.75) is 18.5 Å². The highest BCUT2D eigenvalue weighted by atomic mass is 35.5. The number of hydrogen-bond donors (Lipinski definition) is 3. The monoisotopic (exact) mass is 320 g/mol. The van der Waals surface area contributed by atoms with E-state index in [0.29, 0.717) is 6.42 Å². The first kappa shape index (κ1) is 14.9. The number of amides is 1. The number of carbonyl (C=O) groups is 1. The molecule has 1 saturated heterocycles. The Labute approximate surface area is 131 Å². The van der Waals surface area contributed by atoms with Crippen LogP contribution in [0.1, 0.15) is 18.0 Å². The average molecular weight is 321 g/mol. The quantitative estimate of drug-likeness (QED) is 0.812. The number of aromatic nitrogens is 1. The molecule has 2 heterocycles. The predicted octanol–water partition coefficient (Wildman–Crippen LogP) is 2.42. The summed E-state index contributed by atoms with van der Waals surface area (Å²) in [6.45, 7) is 0. The summed E-state index contributed by atoms with van der Waals surface area (Å²) >= 11 is 5.69. The van der Waals surface area contributed by atoms with Gasteiger partial charge in [-0.05, 0) is 36.2 Å². The van der Waals surface area contributed by atoms with Gasteiger partial charge >= 0.3 is 0 Å². The minimum Gasteiger partial charge on any atom is -0.322 e. The van der Waals surface area contributed by atoms with Crippen LogP contribution in [0.4, 0.5) is 10.1 Å². The molecule has 2 unspecified atom stereocenters. The molecule has 0 radical (unpaired) electrons. The highest BCUT2D eigenvalue weighted by Gasteiger charge is 2.30. The Balaban J connectivity index is 1.64. The van der Waals surface area contributed by atoms with Crippen LogP contribution in [0, 0.1) is 5.82 Å². The summed E-state index contributed by atoms with van der Waals surface area (Å²) in [6.07, 6.45) is 3.99. The number of pyridine rings is 1. The van der Waals surface area contributed by atoms with Crippen molar-refractivity contribution in [1.29, 1.82) is 0 Å². The van der Waals surface area contributed by atoms with Crippen molar-refractivity contribution in [3.63, 3.8) is 0 Å². The minimum atomic E-state index is -0.560. The van der Waals surface area contributed by atoms with Crippen LogP contribution >= 0.6 is 11.6 Å². The van der Waals surface area contributed by atoms with Gasteiger partial charge in [0, 0.05) is 23.5 Å². The van der Waals surface area contributed by atoms with Crippen LogP contribution < -0.4 is 16.2 Å². The second-order valence-corrected chi connectivity index (χ2v) is 5.47. The van der Waals surface area contributed by atoms with Crippen molar-refractivity contribution in [2.75, 3.05) is 5.32 Å². The largest absolute Gasteiger partial charge is 0.322 e. The van der Waals surface area contributed by atoms with Gasteiger partial charge in [-0.15, -0.1) is 0 Å². The second-order valence-electron chi connectivity index (χ2n) is 5.03. The lowest BCUT2D eigenvalue weighted by molar-refractivity contribution is -0.117. The molecule has 0 bridgehead atoms. The molecule has 5 nitrogen and oxygen atoms in total. The van der Waals surface area contributed by atoms with Gasteiger partial charge in [-0.2, -0.15) is 0 Å². The number of benzene rings is 1. The lowest BCUT2D eigenvalue weighted by atomic mass is 10.0. The number of nitrogens with one attached hydrogen (secondary N) is 3. The predicted molar refractivity (Wildman–Crippen MR) is 81.7 cm³/mol. The van der Waals surface area contributed by atoms with Crippen molar-refractivity contribution in [3.8, 4) is 0 Å². The number of carbonyl (C=O) groups excluding carboxylic acids is 1. The Kier molecular flexibility index (Phi) is 4.33. The van der Waals surface area contributed by atoms with E-state index in [1.807, 2.05) is 12.1 Å². The molecule has 0 spiro atoms. The summed E-state index contributed by atoms with van der Waals surface area (Å²) in [5.41, 5.74) is 7.07. The molecule has 1 aromatic heterocycles. The fourth-order valence-electron chi connectivity index (χ4n) is 2.34. The molecule has 3 N–H and O–H groups in total. The summed E-state index contributed by atoms with van der Waals surface area (Å²) in [4.78, 5) is 16.3. The molecule has 1 aliphatic heterocycles. The summed E-state index contributed by atoms with van der Waals surface area (Å²) in [5, 5.41) is 2.85. The molecular formula is C15H14ClFN4O. The first-order valence-electron chi connectivity index (χ1n) is 6.80. The van der Waals surface area contributed by atoms with Crippen molar-refractivity contribution < 1.29 is 9.18 Å². The third kappa shape index (κ3) is 3.24. The van der Waals surface area contributed by atoms with Gasteiger partial charge in [-0.25, -0.2) is 15.2 Å². The molecule has 2 atom stereocenters. The standard InChI is InChI=1S/C15H14ClFN4O/c16-10-3-4-12(11(17)6-10)19-15(22)14-7-13(20-21-14)9-2-1-5-18-8-9/h1-6,8,13-14,20-21H,7H2,(H,19,22). The Hall–Kier alpha value is -2.02. The Morgan fingerprint density at radius 2 is 2.23 bits per heavy atom. The molecular weight excluding hydrogens is 307 g/mol. The lowest BCUT2D eigenvalue weighted by Crippen LogP contribution is -2.39. The zero-order chi connectivity index (χ0) is 15.5. The first-order valence-corrected chi connectivity index (χ1v) is 7.18. The van der Waals surface area contributed by atoms with E-state index in [-0.39, 0.29) is 22.7 Å². The first-order chi connectivity index (χ1) is 10.6. The minimum absolute atomic E-state index is 0.0143. The normalized spacial score (nSPS) is 20.8. The summed E-state index contributed by atoms with van der Waals surface area (Å²) < 4.78 is 13.7. The van der Waals surface area contributed by atoms with Crippen LogP contribution in [0.15, 0.2) is 42.7 Å². The van der Waals surface area contributed by atoms with E-state index in [9.17, 15) is 9.18 Å². The Bertz CT molecular complexity index is 682. The van der Waals surface area contributed by atoms with Crippen LogP contribution in [0.2, 0.25) is 5.02 Å². The van der Waals surface area contributed by atoms with E-state index >= 15 is 0 Å². The van der Waals surface area contributed by atoms with Crippen LogP contribution in [-0.4, -0.2) is 16.9 Å². The van der Waals surface area contributed by atoms with Gasteiger partial charge < -0.3 is 5.32 Å². The zero-order valence-electron chi connectivity index (χ0n) is 11.5. The number of anilines is 1. The highest BCUT2D eigenvalue weighted by Crippen LogP contribution is 2.23. The van der Waals surface area contributed by atoms with Gasteiger partial charge in [0.1, 0.15) is 11.9 Å². The lowest BCUT2D eigenvalue weighted by Gasteiger charge is -2.11. The number of rotatable bonds is 3. The van der Waals surface area contributed by atoms with Crippen molar-refractivity contribution in [3.05, 3.63) is 59.1 Å². The van der Waals surface area contributed by atoms with Crippen molar-refractivity contribution in [1.82, 2.24) is 15.8 Å². The van der Waals surface area contributed by atoms with E-state index < -0.39 is 11.9 Å². The summed E-state index contributed by atoms with van der Waals surface area (Å²) in [7, 11) is 0. The molecule has 114 valence electrons. The van der Waals surface area contributed by atoms with Gasteiger partial charge in [0.05, 0.1) is 5.69 Å². The number of hydrogen-bond acceptors (Lipinski definition) is 4. The smallest absolute Gasteiger partial charge is 0.243 e. The molecule has 1 aliphatic rings. The fraction of sp³-hybridized carbons (Fsp3) is 0.200. The van der Waals surface area contributed by atoms with E-state index in [1.165, 1.54) is 12.1 Å². The highest BCUT2D eigenvalue weighted by molar-refractivity contribution is 6.30. The van der Waals surface area contributed by atoms with E-state index in [4.69, 9.17) is 11.6 Å². The molecule has 1 aromatic carbocycles. The third-order valence-electron chi connectivity index (χ3n) is 3.50. The van der Waals surface area contributed by atoms with E-state index in [2.05, 4.69) is 21.2 Å². The van der Waals surface area contributed by atoms with Gasteiger partial charge in [-0.1, -0.05) is 17.7 Å². The van der Waals surface area contributed by atoms with E-state index in [0.717, 1.165) is 11.6 Å². The molecule has 1 fully saturated rings. The maximum atomic E-state index is 13.7. The molecule has 3 rings (SSSR count). The van der Waals surface area contributed by atoms with Crippen molar-refractivity contribution in [2.24, 2.45) is 0 Å². The van der Waals surface area contributed by atoms with Gasteiger partial charge in [0.15, 0.2) is 0 Å². The third-order valence-corrected chi connectivity index (χ3v) is 3.73.